The highest BCUT2D eigenvalue weighted by atomic mass is 19.1. The molecule has 0 aromatic heterocycles. The smallest absolute Gasteiger partial charge is 0.341 e. The maximum atomic E-state index is 13.8. The summed E-state index contributed by atoms with van der Waals surface area (Å²) in [5, 5.41) is 2.75. The fraction of sp³-hybridized carbons (Fsp3) is 0.300. The molecule has 0 spiro atoms. The topological polar surface area (TPSA) is 64.6 Å². The average Bonchev–Trinajstić information content (AvgIpc) is 2.61. The zero-order valence-electron chi connectivity index (χ0n) is 15.3. The summed E-state index contributed by atoms with van der Waals surface area (Å²) in [6, 6.07) is 9.47. The zero-order chi connectivity index (χ0) is 19.3. The summed E-state index contributed by atoms with van der Waals surface area (Å²) in [7, 11) is 1.40. The van der Waals surface area contributed by atoms with E-state index in [-0.39, 0.29) is 11.6 Å². The van der Waals surface area contributed by atoms with Crippen molar-refractivity contribution in [2.24, 2.45) is 0 Å². The van der Waals surface area contributed by atoms with Crippen LogP contribution in [0.25, 0.3) is 0 Å². The van der Waals surface area contributed by atoms with Crippen molar-refractivity contribution < 1.29 is 23.5 Å². The molecule has 1 atom stereocenters. The van der Waals surface area contributed by atoms with Crippen LogP contribution in [-0.4, -0.2) is 25.6 Å². The van der Waals surface area contributed by atoms with E-state index in [2.05, 4.69) is 5.32 Å². The van der Waals surface area contributed by atoms with Gasteiger partial charge in [0.05, 0.1) is 18.7 Å². The molecule has 1 amide bonds. The van der Waals surface area contributed by atoms with Gasteiger partial charge >= 0.3 is 5.97 Å². The first-order valence-corrected chi connectivity index (χ1v) is 8.19. The number of nitrogens with one attached hydrogen (secondary N) is 1. The number of hydrogen-bond acceptors (Lipinski definition) is 4. The van der Waals surface area contributed by atoms with Gasteiger partial charge in [0, 0.05) is 6.07 Å². The molecule has 2 rings (SSSR count). The normalized spacial score (nSPS) is 11.6. The molecule has 138 valence electrons. The average molecular weight is 359 g/mol. The largest absolute Gasteiger partial charge is 0.497 e. The molecule has 6 heteroatoms. The SMILES string of the molecule is COc1ccc(C(=O)OCC(=O)N[C@@H](C)c2ccc(C)c(C)c2)c(F)c1. The maximum Gasteiger partial charge on any atom is 0.341 e. The second-order valence-corrected chi connectivity index (χ2v) is 6.05. The molecule has 5 nitrogen and oxygen atoms in total. The lowest BCUT2D eigenvalue weighted by Gasteiger charge is -2.16. The number of rotatable bonds is 6. The van der Waals surface area contributed by atoms with Crippen LogP contribution in [0.1, 0.15) is 40.0 Å². The highest BCUT2D eigenvalue weighted by Crippen LogP contribution is 2.18. The van der Waals surface area contributed by atoms with Gasteiger partial charge in [0.2, 0.25) is 0 Å². The number of esters is 1. The summed E-state index contributed by atoms with van der Waals surface area (Å²) < 4.78 is 23.6. The summed E-state index contributed by atoms with van der Waals surface area (Å²) in [5.41, 5.74) is 3.00. The van der Waals surface area contributed by atoms with Crippen LogP contribution in [0.15, 0.2) is 36.4 Å². The summed E-state index contributed by atoms with van der Waals surface area (Å²) in [6.07, 6.45) is 0. The van der Waals surface area contributed by atoms with Crippen LogP contribution in [0.5, 0.6) is 5.75 Å². The Morgan fingerprint density at radius 3 is 2.46 bits per heavy atom. The fourth-order valence-corrected chi connectivity index (χ4v) is 2.40. The number of hydrogen-bond donors (Lipinski definition) is 1. The molecule has 0 fully saturated rings. The lowest BCUT2D eigenvalue weighted by atomic mass is 10.0. The van der Waals surface area contributed by atoms with E-state index in [1.807, 2.05) is 39.0 Å². The quantitative estimate of drug-likeness (QED) is 0.802. The molecule has 0 aliphatic carbocycles. The zero-order valence-corrected chi connectivity index (χ0v) is 15.3. The van der Waals surface area contributed by atoms with Gasteiger partial charge in [-0.25, -0.2) is 9.18 Å². The van der Waals surface area contributed by atoms with Gasteiger partial charge in [0.1, 0.15) is 11.6 Å². The Morgan fingerprint density at radius 1 is 1.12 bits per heavy atom. The third kappa shape index (κ3) is 4.81. The van der Waals surface area contributed by atoms with E-state index >= 15 is 0 Å². The first-order chi connectivity index (χ1) is 12.3. The number of carbonyl (C=O) groups is 2. The number of methoxy groups -OCH3 is 1. The molecule has 0 saturated heterocycles. The molecular weight excluding hydrogens is 337 g/mol. The fourth-order valence-electron chi connectivity index (χ4n) is 2.40. The molecule has 0 heterocycles. The summed E-state index contributed by atoms with van der Waals surface area (Å²) >= 11 is 0. The van der Waals surface area contributed by atoms with Crippen molar-refractivity contribution >= 4 is 11.9 Å². The predicted molar refractivity (Wildman–Crippen MR) is 95.7 cm³/mol. The Bertz CT molecular complexity index is 819. The van der Waals surface area contributed by atoms with Gasteiger partial charge in [0.15, 0.2) is 6.61 Å². The Hall–Kier alpha value is -2.89. The minimum Gasteiger partial charge on any atom is -0.497 e. The van der Waals surface area contributed by atoms with E-state index in [0.717, 1.165) is 17.2 Å². The van der Waals surface area contributed by atoms with Gasteiger partial charge in [-0.15, -0.1) is 0 Å². The summed E-state index contributed by atoms with van der Waals surface area (Å²) in [6.45, 7) is 5.37. The van der Waals surface area contributed by atoms with Gasteiger partial charge in [-0.05, 0) is 49.6 Å². The Labute approximate surface area is 152 Å². The number of benzene rings is 2. The summed E-state index contributed by atoms with van der Waals surface area (Å²) in [5.74, 6) is -1.84. The second kappa shape index (κ2) is 8.47. The number of aryl methyl sites for hydroxylation is 2. The van der Waals surface area contributed by atoms with E-state index in [9.17, 15) is 14.0 Å². The van der Waals surface area contributed by atoms with E-state index in [1.54, 1.807) is 0 Å². The van der Waals surface area contributed by atoms with Crippen molar-refractivity contribution in [1.29, 1.82) is 0 Å². The maximum absolute atomic E-state index is 13.8. The van der Waals surface area contributed by atoms with E-state index in [4.69, 9.17) is 9.47 Å². The number of ether oxygens (including phenoxy) is 2. The molecule has 26 heavy (non-hydrogen) atoms. The molecule has 2 aromatic carbocycles. The molecule has 0 saturated carbocycles. The van der Waals surface area contributed by atoms with Gasteiger partial charge < -0.3 is 14.8 Å². The molecule has 1 N–H and O–H groups in total. The van der Waals surface area contributed by atoms with Crippen molar-refractivity contribution in [2.45, 2.75) is 26.8 Å². The second-order valence-electron chi connectivity index (χ2n) is 6.05. The van der Waals surface area contributed by atoms with Gasteiger partial charge in [-0.3, -0.25) is 4.79 Å². The number of halogens is 1. The highest BCUT2D eigenvalue weighted by molar-refractivity contribution is 5.91. The third-order valence-corrected chi connectivity index (χ3v) is 4.14. The molecule has 2 aromatic rings. The van der Waals surface area contributed by atoms with E-state index in [1.165, 1.54) is 24.8 Å². The van der Waals surface area contributed by atoms with Crippen molar-refractivity contribution in [3.63, 3.8) is 0 Å². The van der Waals surface area contributed by atoms with Crippen LogP contribution in [-0.2, 0) is 9.53 Å². The molecule has 0 radical (unpaired) electrons. The van der Waals surface area contributed by atoms with Gasteiger partial charge in [-0.1, -0.05) is 18.2 Å². The van der Waals surface area contributed by atoms with Crippen LogP contribution in [0.4, 0.5) is 4.39 Å². The van der Waals surface area contributed by atoms with E-state index < -0.39 is 24.3 Å². The third-order valence-electron chi connectivity index (χ3n) is 4.14. The Morgan fingerprint density at radius 2 is 1.85 bits per heavy atom. The van der Waals surface area contributed by atoms with Crippen LogP contribution < -0.4 is 10.1 Å². The van der Waals surface area contributed by atoms with Crippen molar-refractivity contribution in [3.8, 4) is 5.75 Å². The first kappa shape index (κ1) is 19.4. The molecular formula is C20H22FNO4. The predicted octanol–water partition coefficient (Wildman–Crippen LogP) is 3.49. The van der Waals surface area contributed by atoms with Gasteiger partial charge in [0.25, 0.3) is 5.91 Å². The van der Waals surface area contributed by atoms with Crippen LogP contribution in [0, 0.1) is 19.7 Å². The Balaban J connectivity index is 1.91. The Kier molecular flexibility index (Phi) is 6.33. The standard InChI is InChI=1S/C20H22FNO4/c1-12-5-6-15(9-13(12)2)14(3)22-19(23)11-26-20(24)17-8-7-16(25-4)10-18(17)21/h5-10,14H,11H2,1-4H3,(H,22,23)/t14-/m0/s1. The molecule has 0 unspecified atom stereocenters. The van der Waals surface area contributed by atoms with Crippen LogP contribution in [0.3, 0.4) is 0 Å². The number of carbonyl (C=O) groups excluding carboxylic acids is 2. The van der Waals surface area contributed by atoms with E-state index in [0.29, 0.717) is 5.75 Å². The minimum absolute atomic E-state index is 0.238. The minimum atomic E-state index is -0.904. The van der Waals surface area contributed by atoms with Crippen molar-refractivity contribution in [1.82, 2.24) is 5.32 Å². The molecule has 0 aliphatic rings. The lowest BCUT2D eigenvalue weighted by molar-refractivity contribution is -0.124. The molecule has 0 bridgehead atoms. The number of amides is 1. The highest BCUT2D eigenvalue weighted by Gasteiger charge is 2.17. The van der Waals surface area contributed by atoms with Crippen molar-refractivity contribution in [3.05, 3.63) is 64.5 Å². The summed E-state index contributed by atoms with van der Waals surface area (Å²) in [4.78, 5) is 23.9. The lowest BCUT2D eigenvalue weighted by Crippen LogP contribution is -2.31. The monoisotopic (exact) mass is 359 g/mol. The van der Waals surface area contributed by atoms with Crippen molar-refractivity contribution in [2.75, 3.05) is 13.7 Å². The first-order valence-electron chi connectivity index (χ1n) is 8.19. The van der Waals surface area contributed by atoms with Crippen LogP contribution in [0.2, 0.25) is 0 Å². The van der Waals surface area contributed by atoms with Gasteiger partial charge in [-0.2, -0.15) is 0 Å². The molecule has 0 aliphatic heterocycles. The van der Waals surface area contributed by atoms with Crippen LogP contribution >= 0.6 is 0 Å².